The molecule has 4 N–H and O–H groups in total. The summed E-state index contributed by atoms with van der Waals surface area (Å²) < 4.78 is 0. The number of rotatable bonds is 7. The Hall–Kier alpha value is -1.96. The third-order valence-corrected chi connectivity index (χ3v) is 3.62. The first-order valence-electron chi connectivity index (χ1n) is 7.69. The number of nitrogens with one attached hydrogen (secondary N) is 2. The molecule has 25 heavy (non-hydrogen) atoms. The van der Waals surface area contributed by atoms with Gasteiger partial charge in [0.15, 0.2) is 0 Å². The van der Waals surface area contributed by atoms with Crippen molar-refractivity contribution in [2.45, 2.75) is 26.4 Å². The maximum atomic E-state index is 12.1. The normalized spacial score (nSPS) is 11.6. The van der Waals surface area contributed by atoms with Crippen LogP contribution >= 0.6 is 24.0 Å². The van der Waals surface area contributed by atoms with Crippen LogP contribution in [0.2, 0.25) is 5.02 Å². The predicted octanol–water partition coefficient (Wildman–Crippen LogP) is 2.79. The Kier molecular flexibility index (Phi) is 8.54. The van der Waals surface area contributed by atoms with Gasteiger partial charge in [0.2, 0.25) is 0 Å². The van der Waals surface area contributed by atoms with Crippen LogP contribution in [-0.4, -0.2) is 27.4 Å². The van der Waals surface area contributed by atoms with Gasteiger partial charge >= 0.3 is 0 Å². The molecule has 2 heterocycles. The number of nitrogens with two attached hydrogens (primary N) is 1. The van der Waals surface area contributed by atoms with Gasteiger partial charge in [-0.05, 0) is 18.4 Å². The highest BCUT2D eigenvalue weighted by Gasteiger charge is 2.15. The molecule has 1 unspecified atom stereocenters. The zero-order valence-corrected chi connectivity index (χ0v) is 15.6. The van der Waals surface area contributed by atoms with Gasteiger partial charge in [-0.2, -0.15) is 0 Å². The van der Waals surface area contributed by atoms with E-state index >= 15 is 0 Å². The van der Waals surface area contributed by atoms with Gasteiger partial charge in [-0.25, -0.2) is 4.98 Å². The van der Waals surface area contributed by atoms with Crippen LogP contribution in [0.4, 0.5) is 5.69 Å². The highest BCUT2D eigenvalue weighted by molar-refractivity contribution is 6.33. The minimum atomic E-state index is -0.776. The molecule has 2 rings (SSSR count). The summed E-state index contributed by atoms with van der Waals surface area (Å²) in [5.41, 5.74) is 7.45. The van der Waals surface area contributed by atoms with Crippen LogP contribution in [0.25, 0.3) is 0 Å². The van der Waals surface area contributed by atoms with Gasteiger partial charge in [-0.3, -0.25) is 14.8 Å². The lowest BCUT2D eigenvalue weighted by molar-refractivity contribution is 0.0931. The highest BCUT2D eigenvalue weighted by Crippen LogP contribution is 2.23. The molecule has 0 aliphatic heterocycles. The molecule has 0 bridgehead atoms. The van der Waals surface area contributed by atoms with Gasteiger partial charge in [-0.1, -0.05) is 25.4 Å². The molecule has 136 valence electrons. The van der Waals surface area contributed by atoms with Crippen molar-refractivity contribution >= 4 is 35.6 Å². The van der Waals surface area contributed by atoms with Crippen molar-refractivity contribution in [3.8, 4) is 0 Å². The molecule has 0 aromatic carbocycles. The van der Waals surface area contributed by atoms with Crippen LogP contribution in [0.15, 0.2) is 30.9 Å². The zero-order valence-electron chi connectivity index (χ0n) is 14.1. The van der Waals surface area contributed by atoms with Gasteiger partial charge in [0.1, 0.15) is 11.9 Å². The van der Waals surface area contributed by atoms with Crippen molar-refractivity contribution in [3.63, 3.8) is 0 Å². The lowest BCUT2D eigenvalue weighted by Gasteiger charge is -2.16. The van der Waals surface area contributed by atoms with E-state index in [1.54, 1.807) is 6.07 Å². The molecule has 0 aliphatic rings. The number of hydrogen-bond acceptors (Lipinski definition) is 6. The van der Waals surface area contributed by atoms with Crippen LogP contribution in [0, 0.1) is 5.92 Å². The molecule has 0 saturated heterocycles. The SMILES string of the molecule is CC(C)CCNc1cc(C(N)NC(=O)c2cnccn2)ncc1Cl.Cl. The van der Waals surface area contributed by atoms with Crippen LogP contribution in [0.1, 0.15) is 42.6 Å². The van der Waals surface area contributed by atoms with E-state index in [-0.39, 0.29) is 18.1 Å². The van der Waals surface area contributed by atoms with Crippen molar-refractivity contribution in [3.05, 3.63) is 47.3 Å². The minimum Gasteiger partial charge on any atom is -0.384 e. The molecular weight excluding hydrogens is 363 g/mol. The monoisotopic (exact) mass is 384 g/mol. The Morgan fingerprint density at radius 2 is 2.04 bits per heavy atom. The van der Waals surface area contributed by atoms with Crippen molar-refractivity contribution in [2.75, 3.05) is 11.9 Å². The predicted molar refractivity (Wildman–Crippen MR) is 101 cm³/mol. The third-order valence-electron chi connectivity index (χ3n) is 3.31. The Bertz CT molecular complexity index is 684. The minimum absolute atomic E-state index is 0. The molecule has 9 heteroatoms. The second-order valence-corrected chi connectivity index (χ2v) is 6.15. The van der Waals surface area contributed by atoms with Crippen molar-refractivity contribution in [2.24, 2.45) is 11.7 Å². The van der Waals surface area contributed by atoms with Crippen LogP contribution in [-0.2, 0) is 0 Å². The molecule has 2 aromatic heterocycles. The lowest BCUT2D eigenvalue weighted by Crippen LogP contribution is -2.35. The number of pyridine rings is 1. The van der Waals surface area contributed by atoms with Crippen molar-refractivity contribution in [1.29, 1.82) is 0 Å². The van der Waals surface area contributed by atoms with Crippen molar-refractivity contribution in [1.82, 2.24) is 20.3 Å². The molecule has 1 amide bonds. The summed E-state index contributed by atoms with van der Waals surface area (Å²) in [5, 5.41) is 6.41. The van der Waals surface area contributed by atoms with E-state index in [1.165, 1.54) is 24.8 Å². The lowest BCUT2D eigenvalue weighted by atomic mass is 10.1. The summed E-state index contributed by atoms with van der Waals surface area (Å²) in [4.78, 5) is 24.0. The van der Waals surface area contributed by atoms with Gasteiger partial charge in [0, 0.05) is 25.1 Å². The fraction of sp³-hybridized carbons (Fsp3) is 0.375. The van der Waals surface area contributed by atoms with E-state index in [2.05, 4.69) is 39.4 Å². The fourth-order valence-corrected chi connectivity index (χ4v) is 2.13. The van der Waals surface area contributed by atoms with E-state index in [9.17, 15) is 4.79 Å². The highest BCUT2D eigenvalue weighted by atomic mass is 35.5. The molecule has 0 fully saturated rings. The first kappa shape index (κ1) is 21.1. The quantitative estimate of drug-likeness (QED) is 0.633. The third kappa shape index (κ3) is 6.45. The van der Waals surface area contributed by atoms with E-state index in [1.807, 2.05) is 0 Å². The summed E-state index contributed by atoms with van der Waals surface area (Å²) in [6.45, 7) is 5.10. The van der Waals surface area contributed by atoms with E-state index in [0.29, 0.717) is 16.6 Å². The van der Waals surface area contributed by atoms with Crippen LogP contribution in [0.3, 0.4) is 0 Å². The standard InChI is InChI=1S/C16H21ClN6O.ClH/c1-10(2)3-4-20-12-7-13(22-8-11(12)17)15(18)23-16(24)14-9-19-5-6-21-14;/h5-10,15H,3-4,18H2,1-2H3,(H,20,22)(H,23,24);1H. The molecule has 1 atom stereocenters. The molecule has 0 saturated carbocycles. The van der Waals surface area contributed by atoms with E-state index < -0.39 is 12.1 Å². The number of amides is 1. The molecule has 2 aromatic rings. The average molecular weight is 385 g/mol. The number of anilines is 1. The van der Waals surface area contributed by atoms with Gasteiger partial charge in [0.05, 0.1) is 22.6 Å². The number of aromatic nitrogens is 3. The van der Waals surface area contributed by atoms with E-state index in [0.717, 1.165) is 18.7 Å². The van der Waals surface area contributed by atoms with Gasteiger partial charge in [-0.15, -0.1) is 12.4 Å². The van der Waals surface area contributed by atoms with Crippen LogP contribution in [0.5, 0.6) is 0 Å². The molecule has 0 radical (unpaired) electrons. The molecule has 0 spiro atoms. The summed E-state index contributed by atoms with van der Waals surface area (Å²) >= 11 is 6.15. The Morgan fingerprint density at radius 1 is 1.28 bits per heavy atom. The van der Waals surface area contributed by atoms with Crippen molar-refractivity contribution < 1.29 is 4.79 Å². The summed E-state index contributed by atoms with van der Waals surface area (Å²) in [6.07, 6.45) is 6.06. The summed E-state index contributed by atoms with van der Waals surface area (Å²) in [5.74, 6) is 0.174. The number of carbonyl (C=O) groups is 1. The Balaban J connectivity index is 0.00000312. The maximum Gasteiger partial charge on any atom is 0.273 e. The largest absolute Gasteiger partial charge is 0.384 e. The second-order valence-electron chi connectivity index (χ2n) is 5.74. The Morgan fingerprint density at radius 3 is 2.68 bits per heavy atom. The maximum absolute atomic E-state index is 12.1. The van der Waals surface area contributed by atoms with E-state index in [4.69, 9.17) is 17.3 Å². The first-order valence-corrected chi connectivity index (χ1v) is 8.07. The second kappa shape index (κ2) is 10.1. The number of carbonyl (C=O) groups excluding carboxylic acids is 1. The molecule has 7 nitrogen and oxygen atoms in total. The first-order chi connectivity index (χ1) is 11.5. The number of hydrogen-bond donors (Lipinski definition) is 3. The summed E-state index contributed by atoms with van der Waals surface area (Å²) in [7, 11) is 0. The number of nitrogens with zero attached hydrogens (tertiary/aromatic N) is 3. The van der Waals surface area contributed by atoms with Crippen LogP contribution < -0.4 is 16.4 Å². The number of halogens is 2. The zero-order chi connectivity index (χ0) is 17.5. The average Bonchev–Trinajstić information content (AvgIpc) is 2.57. The molecule has 0 aliphatic carbocycles. The topological polar surface area (TPSA) is 106 Å². The fourth-order valence-electron chi connectivity index (χ4n) is 1.96. The Labute approximate surface area is 158 Å². The van der Waals surface area contributed by atoms with Gasteiger partial charge < -0.3 is 16.4 Å². The van der Waals surface area contributed by atoms with Gasteiger partial charge in [0.25, 0.3) is 5.91 Å². The smallest absolute Gasteiger partial charge is 0.273 e. The molecular formula is C16H22Cl2N6O. The summed E-state index contributed by atoms with van der Waals surface area (Å²) in [6, 6.07) is 1.74.